The Morgan fingerprint density at radius 3 is 2.00 bits per heavy atom. The molecule has 0 radical (unpaired) electrons. The smallest absolute Gasteiger partial charge is 0.236 e. The van der Waals surface area contributed by atoms with Crippen LogP contribution in [0.5, 0.6) is 5.88 Å². The minimum Gasteiger partial charge on any atom is -0.473 e. The molecule has 2 rings (SSSR count). The van der Waals surface area contributed by atoms with Gasteiger partial charge in [-0.1, -0.05) is 65.3 Å². The lowest BCUT2D eigenvalue weighted by atomic mass is 9.96. The van der Waals surface area contributed by atoms with E-state index < -0.39 is 0 Å². The third kappa shape index (κ3) is 4.44. The fourth-order valence-corrected chi connectivity index (χ4v) is 3.52. The molecule has 1 heterocycles. The van der Waals surface area contributed by atoms with E-state index in [2.05, 4.69) is 73.6 Å². The van der Waals surface area contributed by atoms with Gasteiger partial charge in [0.05, 0.1) is 11.4 Å². The fraction of sp³-hybridized carbons (Fsp3) is 0.565. The van der Waals surface area contributed by atoms with E-state index in [4.69, 9.17) is 14.7 Å². The zero-order chi connectivity index (χ0) is 19.4. The summed E-state index contributed by atoms with van der Waals surface area (Å²) in [4.78, 5) is 9.93. The molecule has 3 nitrogen and oxygen atoms in total. The van der Waals surface area contributed by atoms with Gasteiger partial charge in [-0.15, -0.1) is 0 Å². The summed E-state index contributed by atoms with van der Waals surface area (Å²) in [7, 11) is 0. The maximum Gasteiger partial charge on any atom is 0.236 e. The summed E-state index contributed by atoms with van der Waals surface area (Å²) < 4.78 is 6.37. The van der Waals surface area contributed by atoms with Gasteiger partial charge >= 0.3 is 0 Å². The Hall–Kier alpha value is -1.90. The van der Waals surface area contributed by atoms with Crippen molar-refractivity contribution in [2.45, 2.75) is 74.3 Å². The number of rotatable bonds is 7. The first-order valence-electron chi connectivity index (χ1n) is 9.92. The van der Waals surface area contributed by atoms with Gasteiger partial charge in [0.2, 0.25) is 5.88 Å². The van der Waals surface area contributed by atoms with Crippen LogP contribution in [0.25, 0.3) is 11.3 Å². The van der Waals surface area contributed by atoms with Crippen LogP contribution in [0.1, 0.15) is 64.1 Å². The lowest BCUT2D eigenvalue weighted by Gasteiger charge is -2.27. The van der Waals surface area contributed by atoms with Gasteiger partial charge in [0, 0.05) is 5.56 Å². The van der Waals surface area contributed by atoms with E-state index in [-0.39, 0.29) is 6.10 Å². The summed E-state index contributed by atoms with van der Waals surface area (Å²) in [5, 5.41) is 0. The predicted molar refractivity (Wildman–Crippen MR) is 110 cm³/mol. The van der Waals surface area contributed by atoms with Gasteiger partial charge in [-0.25, -0.2) is 9.97 Å². The monoisotopic (exact) mass is 354 g/mol. The highest BCUT2D eigenvalue weighted by Crippen LogP contribution is 2.30. The van der Waals surface area contributed by atoms with Crippen molar-refractivity contribution in [2.75, 3.05) is 0 Å². The first-order chi connectivity index (χ1) is 12.3. The Morgan fingerprint density at radius 1 is 0.885 bits per heavy atom. The average Bonchev–Trinajstić information content (AvgIpc) is 2.58. The largest absolute Gasteiger partial charge is 0.473 e. The van der Waals surface area contributed by atoms with E-state index in [1.807, 2.05) is 0 Å². The first-order valence-corrected chi connectivity index (χ1v) is 9.92. The van der Waals surface area contributed by atoms with Gasteiger partial charge in [0.1, 0.15) is 11.8 Å². The molecule has 142 valence electrons. The number of nitrogens with zero attached hydrogens (tertiary/aromatic N) is 2. The zero-order valence-electron chi connectivity index (χ0n) is 17.7. The van der Waals surface area contributed by atoms with E-state index in [1.165, 1.54) is 16.7 Å². The molecule has 1 aromatic heterocycles. The van der Waals surface area contributed by atoms with Crippen LogP contribution in [0.4, 0.5) is 0 Å². The SMILES string of the molecule is CCc1nc(-c2ccc(C)cc2C)c(CC)nc1OC(C(C)C)C(C)C. The number of aromatic nitrogens is 2. The Labute approximate surface area is 159 Å². The van der Waals surface area contributed by atoms with Crippen LogP contribution in [0.2, 0.25) is 0 Å². The van der Waals surface area contributed by atoms with Crippen molar-refractivity contribution in [1.29, 1.82) is 0 Å². The van der Waals surface area contributed by atoms with E-state index in [1.54, 1.807) is 0 Å². The van der Waals surface area contributed by atoms with Crippen LogP contribution >= 0.6 is 0 Å². The molecule has 0 atom stereocenters. The quantitative estimate of drug-likeness (QED) is 0.617. The van der Waals surface area contributed by atoms with Crippen molar-refractivity contribution in [3.05, 3.63) is 40.7 Å². The normalized spacial score (nSPS) is 11.7. The summed E-state index contributed by atoms with van der Waals surface area (Å²) in [6, 6.07) is 6.52. The van der Waals surface area contributed by atoms with Crippen molar-refractivity contribution in [3.63, 3.8) is 0 Å². The summed E-state index contributed by atoms with van der Waals surface area (Å²) in [5.41, 5.74) is 6.64. The van der Waals surface area contributed by atoms with Crippen molar-refractivity contribution in [3.8, 4) is 17.1 Å². The topological polar surface area (TPSA) is 35.0 Å². The van der Waals surface area contributed by atoms with Crippen LogP contribution in [-0.2, 0) is 12.8 Å². The first kappa shape index (κ1) is 20.4. The molecule has 3 heteroatoms. The summed E-state index contributed by atoms with van der Waals surface area (Å²) in [6.07, 6.45) is 1.79. The highest BCUT2D eigenvalue weighted by Gasteiger charge is 2.23. The number of aryl methyl sites for hydroxylation is 4. The van der Waals surface area contributed by atoms with E-state index in [9.17, 15) is 0 Å². The number of ether oxygens (including phenoxy) is 1. The van der Waals surface area contributed by atoms with Gasteiger partial charge in [-0.2, -0.15) is 0 Å². The second-order valence-corrected chi connectivity index (χ2v) is 7.87. The lowest BCUT2D eigenvalue weighted by molar-refractivity contribution is 0.0976. The predicted octanol–water partition coefficient (Wildman–Crippen LogP) is 5.94. The molecule has 0 aliphatic heterocycles. The third-order valence-electron chi connectivity index (χ3n) is 4.87. The Bertz CT molecular complexity index is 742. The second-order valence-electron chi connectivity index (χ2n) is 7.87. The molecule has 1 aromatic carbocycles. The van der Waals surface area contributed by atoms with Crippen LogP contribution in [0, 0.1) is 25.7 Å². The fourth-order valence-electron chi connectivity index (χ4n) is 3.52. The van der Waals surface area contributed by atoms with Crippen LogP contribution < -0.4 is 4.74 Å². The molecule has 0 aliphatic carbocycles. The Balaban J connectivity index is 2.54. The van der Waals surface area contributed by atoms with Crippen LogP contribution in [0.15, 0.2) is 18.2 Å². The molecular formula is C23H34N2O. The highest BCUT2D eigenvalue weighted by molar-refractivity contribution is 5.66. The summed E-state index contributed by atoms with van der Waals surface area (Å²) >= 11 is 0. The average molecular weight is 355 g/mol. The van der Waals surface area contributed by atoms with E-state index >= 15 is 0 Å². The third-order valence-corrected chi connectivity index (χ3v) is 4.87. The molecular weight excluding hydrogens is 320 g/mol. The molecule has 0 aliphatic rings. The Morgan fingerprint density at radius 2 is 1.50 bits per heavy atom. The van der Waals surface area contributed by atoms with Gasteiger partial charge in [0.25, 0.3) is 0 Å². The maximum absolute atomic E-state index is 6.37. The van der Waals surface area contributed by atoms with Gasteiger partial charge < -0.3 is 4.74 Å². The highest BCUT2D eigenvalue weighted by atomic mass is 16.5. The van der Waals surface area contributed by atoms with E-state index in [0.717, 1.165) is 29.9 Å². The molecule has 0 unspecified atom stereocenters. The second kappa shape index (κ2) is 8.66. The molecule has 26 heavy (non-hydrogen) atoms. The van der Waals surface area contributed by atoms with Crippen molar-refractivity contribution in [1.82, 2.24) is 9.97 Å². The molecule has 2 aromatic rings. The number of benzene rings is 1. The summed E-state index contributed by atoms with van der Waals surface area (Å²) in [5.74, 6) is 1.58. The molecule has 0 amide bonds. The standard InChI is InChI=1S/C23H34N2O/c1-9-19-21(18-12-11-16(7)13-17(18)8)24-20(10-2)23(25-19)26-22(14(3)4)15(5)6/h11-15,22H,9-10H2,1-8H3. The lowest BCUT2D eigenvalue weighted by Crippen LogP contribution is -2.30. The van der Waals surface area contributed by atoms with Crippen molar-refractivity contribution < 1.29 is 4.74 Å². The zero-order valence-corrected chi connectivity index (χ0v) is 17.7. The molecule has 0 bridgehead atoms. The summed E-state index contributed by atoms with van der Waals surface area (Å²) in [6.45, 7) is 17.3. The molecule has 0 N–H and O–H groups in total. The van der Waals surface area contributed by atoms with Gasteiger partial charge in [-0.3, -0.25) is 0 Å². The minimum atomic E-state index is 0.145. The number of hydrogen-bond donors (Lipinski definition) is 0. The maximum atomic E-state index is 6.37. The van der Waals surface area contributed by atoms with Crippen LogP contribution in [-0.4, -0.2) is 16.1 Å². The minimum absolute atomic E-state index is 0.145. The molecule has 0 spiro atoms. The molecule has 0 fully saturated rings. The van der Waals surface area contributed by atoms with Crippen LogP contribution in [0.3, 0.4) is 0 Å². The number of hydrogen-bond acceptors (Lipinski definition) is 3. The van der Waals surface area contributed by atoms with Crippen molar-refractivity contribution in [2.24, 2.45) is 11.8 Å². The molecule has 0 saturated carbocycles. The molecule has 0 saturated heterocycles. The Kier molecular flexibility index (Phi) is 6.80. The van der Waals surface area contributed by atoms with Crippen molar-refractivity contribution >= 4 is 0 Å². The van der Waals surface area contributed by atoms with Gasteiger partial charge in [0.15, 0.2) is 0 Å². The van der Waals surface area contributed by atoms with E-state index in [0.29, 0.717) is 17.7 Å². The van der Waals surface area contributed by atoms with Gasteiger partial charge in [-0.05, 0) is 44.1 Å².